The molecular formula is C22H16ClN3O3. The van der Waals surface area contributed by atoms with Crippen LogP contribution in [-0.4, -0.2) is 22.8 Å². The predicted molar refractivity (Wildman–Crippen MR) is 113 cm³/mol. The molecule has 0 radical (unpaired) electrons. The van der Waals surface area contributed by atoms with Gasteiger partial charge in [0, 0.05) is 16.1 Å². The number of methoxy groups -OCH3 is 1. The van der Waals surface area contributed by atoms with Gasteiger partial charge in [0.05, 0.1) is 18.2 Å². The summed E-state index contributed by atoms with van der Waals surface area (Å²) in [5.74, 6) is 0.261. The van der Waals surface area contributed by atoms with E-state index in [9.17, 15) is 9.59 Å². The van der Waals surface area contributed by atoms with Crippen molar-refractivity contribution in [3.63, 3.8) is 0 Å². The van der Waals surface area contributed by atoms with E-state index >= 15 is 0 Å². The Balaban J connectivity index is 1.82. The number of nitrogens with zero attached hydrogens (tertiary/aromatic N) is 2. The quantitative estimate of drug-likeness (QED) is 0.549. The van der Waals surface area contributed by atoms with Crippen molar-refractivity contribution in [2.24, 2.45) is 0 Å². The zero-order valence-corrected chi connectivity index (χ0v) is 16.2. The number of anilines is 1. The maximum atomic E-state index is 13.0. The van der Waals surface area contributed by atoms with E-state index < -0.39 is 5.91 Å². The van der Waals surface area contributed by atoms with Crippen LogP contribution >= 0.6 is 11.6 Å². The molecule has 0 aliphatic rings. The normalized spacial score (nSPS) is 10.7. The van der Waals surface area contributed by atoms with Gasteiger partial charge in [-0.15, -0.1) is 0 Å². The molecule has 0 aliphatic carbocycles. The highest BCUT2D eigenvalue weighted by molar-refractivity contribution is 6.30. The molecule has 0 saturated heterocycles. The molecule has 1 aromatic heterocycles. The highest BCUT2D eigenvalue weighted by Crippen LogP contribution is 2.19. The molecule has 0 bridgehead atoms. The van der Waals surface area contributed by atoms with Gasteiger partial charge in [-0.05, 0) is 54.6 Å². The second kappa shape index (κ2) is 7.77. The molecule has 0 aliphatic heterocycles. The summed E-state index contributed by atoms with van der Waals surface area (Å²) in [6.45, 7) is 0. The lowest BCUT2D eigenvalue weighted by Crippen LogP contribution is -2.26. The molecule has 144 valence electrons. The molecule has 7 heteroatoms. The molecule has 29 heavy (non-hydrogen) atoms. The van der Waals surface area contributed by atoms with Gasteiger partial charge in [0.2, 0.25) is 0 Å². The number of amides is 1. The van der Waals surface area contributed by atoms with Crippen molar-refractivity contribution in [1.29, 1.82) is 0 Å². The zero-order valence-electron chi connectivity index (χ0n) is 15.4. The molecule has 0 spiro atoms. The second-order valence-electron chi connectivity index (χ2n) is 6.27. The third-order valence-corrected chi connectivity index (χ3v) is 4.69. The molecule has 0 atom stereocenters. The Hall–Kier alpha value is -3.64. The third kappa shape index (κ3) is 3.70. The monoisotopic (exact) mass is 405 g/mol. The lowest BCUT2D eigenvalue weighted by molar-refractivity contribution is 0.102. The minimum absolute atomic E-state index is 0.144. The van der Waals surface area contributed by atoms with Gasteiger partial charge in [-0.1, -0.05) is 29.8 Å². The third-order valence-electron chi connectivity index (χ3n) is 4.44. The van der Waals surface area contributed by atoms with Gasteiger partial charge in [0.15, 0.2) is 5.69 Å². The van der Waals surface area contributed by atoms with Crippen LogP contribution in [0, 0.1) is 0 Å². The van der Waals surface area contributed by atoms with Crippen molar-refractivity contribution in [2.75, 3.05) is 12.4 Å². The summed E-state index contributed by atoms with van der Waals surface area (Å²) in [4.78, 5) is 25.9. The Morgan fingerprint density at radius 1 is 0.966 bits per heavy atom. The second-order valence-corrected chi connectivity index (χ2v) is 6.71. The van der Waals surface area contributed by atoms with Crippen molar-refractivity contribution in [3.05, 3.63) is 93.9 Å². The molecule has 4 aromatic rings. The van der Waals surface area contributed by atoms with Crippen molar-refractivity contribution in [2.45, 2.75) is 0 Å². The van der Waals surface area contributed by atoms with E-state index in [1.807, 2.05) is 0 Å². The van der Waals surface area contributed by atoms with Gasteiger partial charge in [0.25, 0.3) is 11.5 Å². The number of aromatic nitrogens is 2. The number of hydrogen-bond donors (Lipinski definition) is 1. The first-order valence-corrected chi connectivity index (χ1v) is 9.18. The smallest absolute Gasteiger partial charge is 0.279 e. The number of ether oxygens (including phenoxy) is 1. The Labute approximate surface area is 171 Å². The van der Waals surface area contributed by atoms with Gasteiger partial charge < -0.3 is 10.1 Å². The molecule has 1 N–H and O–H groups in total. The lowest BCUT2D eigenvalue weighted by Gasteiger charge is -2.12. The molecule has 0 unspecified atom stereocenters. The molecule has 3 aromatic carbocycles. The van der Waals surface area contributed by atoms with Crippen molar-refractivity contribution < 1.29 is 9.53 Å². The summed E-state index contributed by atoms with van der Waals surface area (Å²) in [5, 5.41) is 8.59. The number of halogens is 1. The summed E-state index contributed by atoms with van der Waals surface area (Å²) in [5.41, 5.74) is 0.935. The number of carbonyl (C=O) groups is 1. The molecule has 0 fully saturated rings. The van der Waals surface area contributed by atoms with Gasteiger partial charge in [-0.3, -0.25) is 9.59 Å². The van der Waals surface area contributed by atoms with E-state index in [4.69, 9.17) is 16.3 Å². The number of carbonyl (C=O) groups excluding carboxylic acids is 1. The van der Waals surface area contributed by atoms with Crippen LogP contribution in [0.3, 0.4) is 0 Å². The van der Waals surface area contributed by atoms with Gasteiger partial charge in [-0.2, -0.15) is 9.78 Å². The minimum atomic E-state index is -0.422. The van der Waals surface area contributed by atoms with Crippen LogP contribution in [0.4, 0.5) is 5.69 Å². The van der Waals surface area contributed by atoms with Gasteiger partial charge in [-0.25, -0.2) is 0 Å². The topological polar surface area (TPSA) is 73.2 Å². The van der Waals surface area contributed by atoms with Crippen LogP contribution < -0.4 is 15.6 Å². The van der Waals surface area contributed by atoms with E-state index in [2.05, 4.69) is 10.4 Å². The molecule has 1 amide bonds. The molecule has 6 nitrogen and oxygen atoms in total. The van der Waals surface area contributed by atoms with Crippen LogP contribution in [0.2, 0.25) is 5.02 Å². The Morgan fingerprint density at radius 2 is 1.62 bits per heavy atom. The summed E-state index contributed by atoms with van der Waals surface area (Å²) in [6, 6.07) is 20.5. The van der Waals surface area contributed by atoms with E-state index in [0.29, 0.717) is 32.9 Å². The average molecular weight is 406 g/mol. The molecular weight excluding hydrogens is 390 g/mol. The number of nitrogens with one attached hydrogen (secondary N) is 1. The Bertz CT molecular complexity index is 1250. The van der Waals surface area contributed by atoms with Gasteiger partial charge >= 0.3 is 0 Å². The summed E-state index contributed by atoms with van der Waals surface area (Å²) >= 11 is 5.95. The summed E-state index contributed by atoms with van der Waals surface area (Å²) in [7, 11) is 1.57. The first-order chi connectivity index (χ1) is 14.1. The van der Waals surface area contributed by atoms with Crippen molar-refractivity contribution in [1.82, 2.24) is 9.78 Å². The molecule has 0 saturated carbocycles. The molecule has 4 rings (SSSR count). The van der Waals surface area contributed by atoms with Gasteiger partial charge in [0.1, 0.15) is 5.75 Å². The first-order valence-electron chi connectivity index (χ1n) is 8.80. The fraction of sp³-hybridized carbons (Fsp3) is 0.0455. The van der Waals surface area contributed by atoms with E-state index in [1.54, 1.807) is 79.9 Å². The van der Waals surface area contributed by atoms with E-state index in [1.165, 1.54) is 4.68 Å². The largest absolute Gasteiger partial charge is 0.497 e. The summed E-state index contributed by atoms with van der Waals surface area (Å²) in [6.07, 6.45) is 0. The van der Waals surface area contributed by atoms with Crippen molar-refractivity contribution >= 4 is 34.0 Å². The SMILES string of the molecule is COc1ccc(NC(=O)c2nn(-c3ccc(Cl)cc3)c(=O)c3ccccc23)cc1. The zero-order chi connectivity index (χ0) is 20.4. The van der Waals surface area contributed by atoms with Crippen LogP contribution in [-0.2, 0) is 0 Å². The van der Waals surface area contributed by atoms with E-state index in [-0.39, 0.29) is 11.3 Å². The standard InChI is InChI=1S/C22H16ClN3O3/c1-29-17-12-8-15(9-13-17)24-21(27)20-18-4-2-3-5-19(18)22(28)26(25-20)16-10-6-14(23)7-11-16/h2-13H,1H3,(H,24,27). The fourth-order valence-electron chi connectivity index (χ4n) is 2.98. The minimum Gasteiger partial charge on any atom is -0.497 e. The van der Waals surface area contributed by atoms with Crippen LogP contribution in [0.5, 0.6) is 5.75 Å². The van der Waals surface area contributed by atoms with Crippen LogP contribution in [0.1, 0.15) is 10.5 Å². The number of fused-ring (bicyclic) bond motifs is 1. The highest BCUT2D eigenvalue weighted by Gasteiger charge is 2.17. The van der Waals surface area contributed by atoms with E-state index in [0.717, 1.165) is 0 Å². The number of benzene rings is 3. The summed E-state index contributed by atoms with van der Waals surface area (Å²) < 4.78 is 6.34. The number of rotatable bonds is 4. The van der Waals surface area contributed by atoms with Crippen LogP contribution in [0.25, 0.3) is 16.5 Å². The lowest BCUT2D eigenvalue weighted by atomic mass is 10.1. The van der Waals surface area contributed by atoms with Crippen LogP contribution in [0.15, 0.2) is 77.6 Å². The van der Waals surface area contributed by atoms with Crippen molar-refractivity contribution in [3.8, 4) is 11.4 Å². The average Bonchev–Trinajstić information content (AvgIpc) is 2.75. The first kappa shape index (κ1) is 18.7. The fourth-order valence-corrected chi connectivity index (χ4v) is 3.11. The molecule has 1 heterocycles. The Morgan fingerprint density at radius 3 is 2.28 bits per heavy atom. The maximum Gasteiger partial charge on any atom is 0.279 e. The predicted octanol–water partition coefficient (Wildman–Crippen LogP) is 4.30. The highest BCUT2D eigenvalue weighted by atomic mass is 35.5. The number of hydrogen-bond acceptors (Lipinski definition) is 4. The maximum absolute atomic E-state index is 13.0. The Kier molecular flexibility index (Phi) is 5.01.